The summed E-state index contributed by atoms with van der Waals surface area (Å²) in [6.07, 6.45) is 8.67. The molecule has 0 spiro atoms. The topological polar surface area (TPSA) is 55.6 Å². The third kappa shape index (κ3) is 3.53. The zero-order valence-corrected chi connectivity index (χ0v) is 13.3. The standard InChI is InChI=1S/C17H23N5/c1-13-12-14(2)22(21-13)17-9-8-16(19-20-17)18-11-10-15-6-4-3-5-7-15/h6,8-9,12H,3-5,7,10-11H2,1-2H3,(H,18,19). The van der Waals surface area contributed by atoms with E-state index in [1.165, 1.54) is 25.7 Å². The van der Waals surface area contributed by atoms with Crippen LogP contribution in [0, 0.1) is 13.8 Å². The molecule has 0 aromatic carbocycles. The molecule has 5 heteroatoms. The maximum absolute atomic E-state index is 4.42. The highest BCUT2D eigenvalue weighted by Gasteiger charge is 2.06. The van der Waals surface area contributed by atoms with Gasteiger partial charge in [-0.1, -0.05) is 11.6 Å². The number of aryl methyl sites for hydroxylation is 2. The molecule has 22 heavy (non-hydrogen) atoms. The third-order valence-corrected chi connectivity index (χ3v) is 4.01. The van der Waals surface area contributed by atoms with Gasteiger partial charge < -0.3 is 5.32 Å². The Kier molecular flexibility index (Phi) is 4.51. The van der Waals surface area contributed by atoms with Crippen molar-refractivity contribution in [2.24, 2.45) is 0 Å². The van der Waals surface area contributed by atoms with Crippen LogP contribution in [-0.4, -0.2) is 26.5 Å². The first-order valence-corrected chi connectivity index (χ1v) is 8.01. The summed E-state index contributed by atoms with van der Waals surface area (Å²) in [5, 5.41) is 16.3. The van der Waals surface area contributed by atoms with Gasteiger partial charge in [-0.25, -0.2) is 4.68 Å². The Balaban J connectivity index is 1.57. The Hall–Kier alpha value is -2.17. The van der Waals surface area contributed by atoms with E-state index in [9.17, 15) is 0 Å². The average molecular weight is 297 g/mol. The summed E-state index contributed by atoms with van der Waals surface area (Å²) in [5.74, 6) is 1.58. The van der Waals surface area contributed by atoms with E-state index < -0.39 is 0 Å². The van der Waals surface area contributed by atoms with Gasteiger partial charge in [0.05, 0.1) is 5.69 Å². The molecule has 0 fully saturated rings. The van der Waals surface area contributed by atoms with Gasteiger partial charge in [0.2, 0.25) is 0 Å². The molecule has 1 N–H and O–H groups in total. The monoisotopic (exact) mass is 297 g/mol. The second kappa shape index (κ2) is 6.73. The number of rotatable bonds is 5. The Morgan fingerprint density at radius 2 is 2.09 bits per heavy atom. The molecule has 0 saturated carbocycles. The molecule has 0 amide bonds. The highest BCUT2D eigenvalue weighted by molar-refractivity contribution is 5.37. The molecule has 2 heterocycles. The van der Waals surface area contributed by atoms with E-state index in [2.05, 4.69) is 26.7 Å². The number of nitrogens with one attached hydrogen (secondary N) is 1. The first-order valence-electron chi connectivity index (χ1n) is 8.01. The molecule has 0 aliphatic heterocycles. The van der Waals surface area contributed by atoms with Gasteiger partial charge in [-0.3, -0.25) is 0 Å². The molecule has 116 valence electrons. The van der Waals surface area contributed by atoms with Crippen LogP contribution in [-0.2, 0) is 0 Å². The minimum atomic E-state index is 0.756. The smallest absolute Gasteiger partial charge is 0.176 e. The molecule has 0 unspecified atom stereocenters. The zero-order valence-electron chi connectivity index (χ0n) is 13.3. The van der Waals surface area contributed by atoms with Crippen molar-refractivity contribution in [1.82, 2.24) is 20.0 Å². The van der Waals surface area contributed by atoms with Crippen LogP contribution in [0.4, 0.5) is 5.82 Å². The van der Waals surface area contributed by atoms with Crippen LogP contribution < -0.4 is 5.32 Å². The van der Waals surface area contributed by atoms with Crippen molar-refractivity contribution in [2.45, 2.75) is 46.0 Å². The van der Waals surface area contributed by atoms with Crippen LogP contribution in [0.25, 0.3) is 5.82 Å². The van der Waals surface area contributed by atoms with Gasteiger partial charge in [-0.05, 0) is 64.2 Å². The summed E-state index contributed by atoms with van der Waals surface area (Å²) in [6.45, 7) is 4.91. The number of hydrogen-bond acceptors (Lipinski definition) is 4. The first kappa shape index (κ1) is 14.8. The van der Waals surface area contributed by atoms with Gasteiger partial charge in [-0.2, -0.15) is 5.10 Å². The molecule has 5 nitrogen and oxygen atoms in total. The number of aromatic nitrogens is 4. The molecule has 2 aromatic heterocycles. The van der Waals surface area contributed by atoms with Crippen LogP contribution in [0.2, 0.25) is 0 Å². The largest absolute Gasteiger partial charge is 0.368 e. The number of hydrogen-bond donors (Lipinski definition) is 1. The summed E-state index contributed by atoms with van der Waals surface area (Å²) in [7, 11) is 0. The zero-order chi connectivity index (χ0) is 15.4. The predicted octanol–water partition coefficient (Wildman–Crippen LogP) is 3.58. The van der Waals surface area contributed by atoms with E-state index in [-0.39, 0.29) is 0 Å². The average Bonchev–Trinajstić information content (AvgIpc) is 2.88. The van der Waals surface area contributed by atoms with E-state index in [1.54, 1.807) is 5.57 Å². The van der Waals surface area contributed by atoms with Crippen LogP contribution in [0.5, 0.6) is 0 Å². The molecule has 2 aromatic rings. The summed E-state index contributed by atoms with van der Waals surface area (Å²) in [5.41, 5.74) is 3.63. The summed E-state index contributed by atoms with van der Waals surface area (Å²) in [4.78, 5) is 0. The van der Waals surface area contributed by atoms with Crippen LogP contribution >= 0.6 is 0 Å². The van der Waals surface area contributed by atoms with E-state index >= 15 is 0 Å². The lowest BCUT2D eigenvalue weighted by molar-refractivity contribution is 0.679. The minimum absolute atomic E-state index is 0.756. The minimum Gasteiger partial charge on any atom is -0.368 e. The van der Waals surface area contributed by atoms with Gasteiger partial charge in [-0.15, -0.1) is 10.2 Å². The van der Waals surface area contributed by atoms with E-state index in [0.29, 0.717) is 0 Å². The molecule has 0 radical (unpaired) electrons. The van der Waals surface area contributed by atoms with Crippen molar-refractivity contribution in [2.75, 3.05) is 11.9 Å². The van der Waals surface area contributed by atoms with Crippen LogP contribution in [0.1, 0.15) is 43.5 Å². The van der Waals surface area contributed by atoms with E-state index in [1.807, 2.05) is 36.7 Å². The third-order valence-electron chi connectivity index (χ3n) is 4.01. The van der Waals surface area contributed by atoms with E-state index in [0.717, 1.165) is 36.0 Å². The first-order chi connectivity index (χ1) is 10.7. The number of anilines is 1. The number of nitrogens with zero attached hydrogens (tertiary/aromatic N) is 4. The maximum Gasteiger partial charge on any atom is 0.176 e. The lowest BCUT2D eigenvalue weighted by atomic mass is 9.97. The molecule has 0 atom stereocenters. The van der Waals surface area contributed by atoms with Gasteiger partial charge in [0.1, 0.15) is 5.82 Å². The molecule has 3 rings (SSSR count). The van der Waals surface area contributed by atoms with Gasteiger partial charge in [0.25, 0.3) is 0 Å². The molecule has 1 aliphatic carbocycles. The normalized spacial score (nSPS) is 14.7. The molecule has 0 bridgehead atoms. The van der Waals surface area contributed by atoms with Crippen molar-refractivity contribution in [3.05, 3.63) is 41.2 Å². The predicted molar refractivity (Wildman–Crippen MR) is 88.3 cm³/mol. The van der Waals surface area contributed by atoms with E-state index in [4.69, 9.17) is 0 Å². The van der Waals surface area contributed by atoms with Gasteiger partial charge in [0, 0.05) is 12.2 Å². The maximum atomic E-state index is 4.42. The lowest BCUT2D eigenvalue weighted by Gasteiger charge is -2.13. The number of allylic oxidation sites excluding steroid dienone is 1. The van der Waals surface area contributed by atoms with Gasteiger partial charge >= 0.3 is 0 Å². The fraction of sp³-hybridized carbons (Fsp3) is 0.471. The quantitative estimate of drug-likeness (QED) is 0.857. The molecular formula is C17H23N5. The fourth-order valence-corrected chi connectivity index (χ4v) is 2.88. The second-order valence-corrected chi connectivity index (χ2v) is 5.90. The van der Waals surface area contributed by atoms with Crippen molar-refractivity contribution in [3.63, 3.8) is 0 Å². The van der Waals surface area contributed by atoms with Crippen molar-refractivity contribution in [3.8, 4) is 5.82 Å². The highest BCUT2D eigenvalue weighted by atomic mass is 15.4. The molecule has 0 saturated heterocycles. The Bertz CT molecular complexity index is 654. The summed E-state index contributed by atoms with van der Waals surface area (Å²) in [6, 6.07) is 5.95. The molecule has 1 aliphatic rings. The highest BCUT2D eigenvalue weighted by Crippen LogP contribution is 2.20. The van der Waals surface area contributed by atoms with Crippen molar-refractivity contribution in [1.29, 1.82) is 0 Å². The SMILES string of the molecule is Cc1cc(C)n(-c2ccc(NCCC3=CCCCC3)nn2)n1. The van der Waals surface area contributed by atoms with Crippen molar-refractivity contribution >= 4 is 5.82 Å². The Morgan fingerprint density at radius 1 is 1.18 bits per heavy atom. The second-order valence-electron chi connectivity index (χ2n) is 5.90. The van der Waals surface area contributed by atoms with Gasteiger partial charge in [0.15, 0.2) is 5.82 Å². The summed E-state index contributed by atoms with van der Waals surface area (Å²) >= 11 is 0. The summed E-state index contributed by atoms with van der Waals surface area (Å²) < 4.78 is 1.82. The van der Waals surface area contributed by atoms with Crippen molar-refractivity contribution < 1.29 is 0 Å². The van der Waals surface area contributed by atoms with Crippen LogP contribution in [0.15, 0.2) is 29.8 Å². The lowest BCUT2D eigenvalue weighted by Crippen LogP contribution is -2.08. The Labute approximate surface area is 131 Å². The molecular weight excluding hydrogens is 274 g/mol. The fourth-order valence-electron chi connectivity index (χ4n) is 2.88. The Morgan fingerprint density at radius 3 is 2.73 bits per heavy atom. The van der Waals surface area contributed by atoms with Crippen LogP contribution in [0.3, 0.4) is 0 Å².